The highest BCUT2D eigenvalue weighted by molar-refractivity contribution is 5.94. The van der Waals surface area contributed by atoms with Gasteiger partial charge < -0.3 is 5.32 Å². The number of carbonyl (C=O) groups excluding carboxylic acids is 1. The summed E-state index contributed by atoms with van der Waals surface area (Å²) in [6.07, 6.45) is -7.09. The van der Waals surface area contributed by atoms with Gasteiger partial charge in [0, 0.05) is 12.4 Å². The Morgan fingerprint density at radius 2 is 1.67 bits per heavy atom. The minimum Gasteiger partial charge on any atom is -0.339 e. The molecule has 1 atom stereocenters. The van der Waals surface area contributed by atoms with Gasteiger partial charge in [0.15, 0.2) is 5.65 Å². The molecule has 4 aromatic rings. The molecule has 1 unspecified atom stereocenters. The van der Waals surface area contributed by atoms with Crippen molar-refractivity contribution in [1.82, 2.24) is 30.3 Å². The number of pyridine rings is 2. The molecule has 4 rings (SSSR count). The second-order valence-electron chi connectivity index (χ2n) is 6.86. The van der Waals surface area contributed by atoms with Crippen molar-refractivity contribution in [1.29, 1.82) is 0 Å². The molecule has 33 heavy (non-hydrogen) atoms. The van der Waals surface area contributed by atoms with Gasteiger partial charge in [0.25, 0.3) is 5.91 Å². The van der Waals surface area contributed by atoms with Crippen molar-refractivity contribution in [2.45, 2.75) is 18.4 Å². The van der Waals surface area contributed by atoms with Crippen LogP contribution in [0.1, 0.15) is 38.8 Å². The van der Waals surface area contributed by atoms with E-state index in [-0.39, 0.29) is 11.1 Å². The second kappa shape index (κ2) is 8.15. The Labute approximate surface area is 181 Å². The maximum Gasteiger partial charge on any atom is 0.418 e. The molecule has 13 heteroatoms. The Morgan fingerprint density at radius 3 is 2.33 bits per heavy atom. The number of carbonyl (C=O) groups is 1. The predicted octanol–water partition coefficient (Wildman–Crippen LogP) is 4.08. The van der Waals surface area contributed by atoms with Crippen LogP contribution in [-0.2, 0) is 12.4 Å². The van der Waals surface area contributed by atoms with Crippen molar-refractivity contribution >= 4 is 11.6 Å². The number of fused-ring (bicyclic) bond motifs is 1. The van der Waals surface area contributed by atoms with Crippen molar-refractivity contribution in [3.05, 3.63) is 88.9 Å². The molecule has 0 aliphatic rings. The van der Waals surface area contributed by atoms with E-state index in [0.717, 1.165) is 42.6 Å². The van der Waals surface area contributed by atoms with E-state index in [9.17, 15) is 31.1 Å². The fraction of sp³-hybridized carbons (Fsp3) is 0.150. The zero-order valence-electron chi connectivity index (χ0n) is 16.3. The average molecular weight is 466 g/mol. The van der Waals surface area contributed by atoms with Crippen LogP contribution in [0.3, 0.4) is 0 Å². The summed E-state index contributed by atoms with van der Waals surface area (Å²) in [4.78, 5) is 16.7. The zero-order chi connectivity index (χ0) is 23.8. The van der Waals surface area contributed by atoms with Crippen molar-refractivity contribution in [2.24, 2.45) is 0 Å². The number of alkyl halides is 6. The number of hydrogen-bond donors (Lipinski definition) is 1. The second-order valence-corrected chi connectivity index (χ2v) is 6.86. The highest BCUT2D eigenvalue weighted by Gasteiger charge is 2.37. The zero-order valence-corrected chi connectivity index (χ0v) is 16.3. The number of nitrogens with one attached hydrogen (secondary N) is 1. The van der Waals surface area contributed by atoms with Crippen LogP contribution in [0.15, 0.2) is 60.9 Å². The number of rotatable bonds is 4. The number of halogens is 6. The lowest BCUT2D eigenvalue weighted by atomic mass is 9.97. The molecule has 1 aromatic carbocycles. The van der Waals surface area contributed by atoms with E-state index in [1.807, 2.05) is 0 Å². The summed E-state index contributed by atoms with van der Waals surface area (Å²) >= 11 is 0. The van der Waals surface area contributed by atoms with E-state index in [1.54, 1.807) is 0 Å². The van der Waals surface area contributed by atoms with Crippen molar-refractivity contribution in [2.75, 3.05) is 0 Å². The van der Waals surface area contributed by atoms with Crippen LogP contribution in [0.25, 0.3) is 5.65 Å². The van der Waals surface area contributed by atoms with Gasteiger partial charge in [-0.2, -0.15) is 30.9 Å². The van der Waals surface area contributed by atoms with Crippen LogP contribution in [-0.4, -0.2) is 30.9 Å². The Hall–Kier alpha value is -4.03. The van der Waals surface area contributed by atoms with Crippen LogP contribution < -0.4 is 5.32 Å². The Bertz CT molecular complexity index is 1300. The predicted molar refractivity (Wildman–Crippen MR) is 101 cm³/mol. The lowest BCUT2D eigenvalue weighted by Crippen LogP contribution is -2.32. The number of aromatic nitrogens is 5. The molecule has 3 heterocycles. The SMILES string of the molecule is O=C(NC(c1ccc(C(F)(F)F)cc1)c1ncccc1C(F)(F)F)c1ccc2nnnn2c1. The highest BCUT2D eigenvalue weighted by atomic mass is 19.4. The molecule has 0 aliphatic carbocycles. The molecule has 170 valence electrons. The largest absolute Gasteiger partial charge is 0.418 e. The third-order valence-electron chi connectivity index (χ3n) is 4.72. The number of benzene rings is 1. The molecule has 0 bridgehead atoms. The van der Waals surface area contributed by atoms with E-state index >= 15 is 0 Å². The van der Waals surface area contributed by atoms with E-state index in [0.29, 0.717) is 5.65 Å². The molecule has 1 amide bonds. The van der Waals surface area contributed by atoms with Crippen LogP contribution in [0.2, 0.25) is 0 Å². The summed E-state index contributed by atoms with van der Waals surface area (Å²) in [5.74, 6) is -0.809. The molecule has 0 saturated heterocycles. The molecule has 0 spiro atoms. The summed E-state index contributed by atoms with van der Waals surface area (Å²) in [5.41, 5.74) is -2.37. The van der Waals surface area contributed by atoms with Gasteiger partial charge in [0.05, 0.1) is 28.4 Å². The fourth-order valence-corrected chi connectivity index (χ4v) is 3.15. The molecule has 3 aromatic heterocycles. The average Bonchev–Trinajstić information content (AvgIpc) is 3.24. The van der Waals surface area contributed by atoms with Gasteiger partial charge in [-0.3, -0.25) is 9.78 Å². The summed E-state index contributed by atoms with van der Waals surface area (Å²) in [5, 5.41) is 13.2. The van der Waals surface area contributed by atoms with Gasteiger partial charge in [-0.15, -0.1) is 5.10 Å². The topological polar surface area (TPSA) is 85.1 Å². The summed E-state index contributed by atoms with van der Waals surface area (Å²) < 4.78 is 80.9. The molecular weight excluding hydrogens is 454 g/mol. The maximum absolute atomic E-state index is 13.6. The molecule has 0 aliphatic heterocycles. The standard InChI is InChI=1S/C20H12F6N6O/c21-19(22,23)13-6-3-11(4-7-13)16(17-14(20(24,25)26)2-1-9-27-17)28-18(33)12-5-8-15-29-30-31-32(15)10-12/h1-10,16H,(H,28,33). The Kier molecular flexibility index (Phi) is 5.47. The summed E-state index contributed by atoms with van der Waals surface area (Å²) in [6.45, 7) is 0. The van der Waals surface area contributed by atoms with E-state index in [4.69, 9.17) is 0 Å². The summed E-state index contributed by atoms with van der Waals surface area (Å²) in [7, 11) is 0. The minimum absolute atomic E-state index is 0.0104. The molecular formula is C20H12F6N6O. The Morgan fingerprint density at radius 1 is 0.939 bits per heavy atom. The third-order valence-corrected chi connectivity index (χ3v) is 4.72. The van der Waals surface area contributed by atoms with E-state index < -0.39 is 41.1 Å². The Balaban J connectivity index is 1.77. The van der Waals surface area contributed by atoms with Gasteiger partial charge >= 0.3 is 12.4 Å². The molecule has 0 radical (unpaired) electrons. The first kappa shape index (κ1) is 22.2. The third kappa shape index (κ3) is 4.61. The van der Waals surface area contributed by atoms with Crippen molar-refractivity contribution < 1.29 is 31.1 Å². The van der Waals surface area contributed by atoms with Crippen molar-refractivity contribution in [3.63, 3.8) is 0 Å². The lowest BCUT2D eigenvalue weighted by Gasteiger charge is -2.23. The molecule has 7 nitrogen and oxygen atoms in total. The van der Waals surface area contributed by atoms with Gasteiger partial charge in [-0.05, 0) is 52.4 Å². The summed E-state index contributed by atoms with van der Waals surface area (Å²) in [6, 6.07) is 6.55. The fourth-order valence-electron chi connectivity index (χ4n) is 3.15. The first-order chi connectivity index (χ1) is 15.5. The molecule has 0 saturated carbocycles. The quantitative estimate of drug-likeness (QED) is 0.459. The molecule has 1 N–H and O–H groups in total. The van der Waals surface area contributed by atoms with E-state index in [2.05, 4.69) is 25.8 Å². The van der Waals surface area contributed by atoms with Gasteiger partial charge in [-0.25, -0.2) is 0 Å². The lowest BCUT2D eigenvalue weighted by molar-refractivity contribution is -0.139. The number of hydrogen-bond acceptors (Lipinski definition) is 5. The maximum atomic E-state index is 13.6. The number of amides is 1. The molecule has 0 fully saturated rings. The van der Waals surface area contributed by atoms with Crippen LogP contribution in [0.5, 0.6) is 0 Å². The first-order valence-corrected chi connectivity index (χ1v) is 9.22. The normalized spacial score (nSPS) is 13.2. The van der Waals surface area contributed by atoms with Gasteiger partial charge in [0.1, 0.15) is 0 Å². The monoisotopic (exact) mass is 466 g/mol. The van der Waals surface area contributed by atoms with Crippen LogP contribution in [0, 0.1) is 0 Å². The smallest absolute Gasteiger partial charge is 0.339 e. The highest BCUT2D eigenvalue weighted by Crippen LogP contribution is 2.36. The van der Waals surface area contributed by atoms with Crippen LogP contribution in [0.4, 0.5) is 26.3 Å². The van der Waals surface area contributed by atoms with Crippen LogP contribution >= 0.6 is 0 Å². The number of nitrogens with zero attached hydrogens (tertiary/aromatic N) is 5. The van der Waals surface area contributed by atoms with Crippen molar-refractivity contribution in [3.8, 4) is 0 Å². The minimum atomic E-state index is -4.82. The van der Waals surface area contributed by atoms with Gasteiger partial charge in [-0.1, -0.05) is 12.1 Å². The van der Waals surface area contributed by atoms with E-state index in [1.165, 1.54) is 22.8 Å². The first-order valence-electron chi connectivity index (χ1n) is 9.22. The number of tetrazole rings is 1. The van der Waals surface area contributed by atoms with Gasteiger partial charge in [0.2, 0.25) is 0 Å².